The molecule has 0 fully saturated rings. The number of aryl methyl sites for hydroxylation is 1. The van der Waals surface area contributed by atoms with Crippen LogP contribution in [0.25, 0.3) is 16.6 Å². The topological polar surface area (TPSA) is 37.8 Å². The fraction of sp³-hybridized carbons (Fsp3) is 0.0667. The second kappa shape index (κ2) is 4.89. The van der Waals surface area contributed by atoms with Crippen LogP contribution >= 0.6 is 23.8 Å². The number of nitrogens with zero attached hydrogens (tertiary/aromatic N) is 1. The van der Waals surface area contributed by atoms with Gasteiger partial charge >= 0.3 is 0 Å². The van der Waals surface area contributed by atoms with Crippen LogP contribution in [0.4, 0.5) is 0 Å². The van der Waals surface area contributed by atoms with E-state index in [0.717, 1.165) is 11.1 Å². The minimum absolute atomic E-state index is 0.166. The molecule has 2 aromatic carbocycles. The molecule has 0 amide bonds. The van der Waals surface area contributed by atoms with Crippen molar-refractivity contribution < 1.29 is 0 Å². The molecule has 100 valence electrons. The van der Waals surface area contributed by atoms with Crippen LogP contribution < -0.4 is 5.56 Å². The summed E-state index contributed by atoms with van der Waals surface area (Å²) in [5.74, 6) is 0. The highest BCUT2D eigenvalue weighted by molar-refractivity contribution is 7.71. The minimum atomic E-state index is -0.166. The Morgan fingerprint density at radius 3 is 2.70 bits per heavy atom. The summed E-state index contributed by atoms with van der Waals surface area (Å²) < 4.78 is 1.76. The Labute approximate surface area is 125 Å². The monoisotopic (exact) mass is 302 g/mol. The van der Waals surface area contributed by atoms with Crippen LogP contribution in [0.3, 0.4) is 0 Å². The summed E-state index contributed by atoms with van der Waals surface area (Å²) >= 11 is 11.5. The van der Waals surface area contributed by atoms with Crippen LogP contribution in [0.1, 0.15) is 5.56 Å². The van der Waals surface area contributed by atoms with E-state index in [1.807, 2.05) is 37.3 Å². The Balaban J connectivity index is 2.46. The molecule has 0 radical (unpaired) electrons. The van der Waals surface area contributed by atoms with Gasteiger partial charge in [0.15, 0.2) is 4.77 Å². The lowest BCUT2D eigenvalue weighted by Gasteiger charge is -2.09. The number of para-hydroxylation sites is 1. The maximum absolute atomic E-state index is 12.7. The van der Waals surface area contributed by atoms with Gasteiger partial charge in [-0.1, -0.05) is 35.4 Å². The van der Waals surface area contributed by atoms with Gasteiger partial charge in [0, 0.05) is 0 Å². The summed E-state index contributed by atoms with van der Waals surface area (Å²) in [5, 5.41) is 1.08. The van der Waals surface area contributed by atoms with Crippen molar-refractivity contribution in [1.82, 2.24) is 9.55 Å². The van der Waals surface area contributed by atoms with E-state index in [1.54, 1.807) is 12.1 Å². The molecule has 0 atom stereocenters. The first-order valence-corrected chi connectivity index (χ1v) is 6.87. The molecule has 3 nitrogen and oxygen atoms in total. The van der Waals surface area contributed by atoms with Crippen molar-refractivity contribution in [1.29, 1.82) is 0 Å². The molecule has 0 saturated carbocycles. The number of aromatic nitrogens is 2. The fourth-order valence-electron chi connectivity index (χ4n) is 2.18. The number of H-pyrrole nitrogens is 1. The largest absolute Gasteiger partial charge is 0.331 e. The van der Waals surface area contributed by atoms with Gasteiger partial charge < -0.3 is 4.98 Å². The Hall–Kier alpha value is -1.91. The SMILES string of the molecule is Cc1ccc2[nH]c(=S)n(-c3ccccc3Cl)c(=O)c2c1. The molecule has 0 saturated heterocycles. The summed E-state index contributed by atoms with van der Waals surface area (Å²) in [6.07, 6.45) is 0. The van der Waals surface area contributed by atoms with Crippen LogP contribution in [0, 0.1) is 11.7 Å². The van der Waals surface area contributed by atoms with E-state index in [-0.39, 0.29) is 5.56 Å². The lowest BCUT2D eigenvalue weighted by Crippen LogP contribution is -2.20. The normalized spacial score (nSPS) is 10.9. The minimum Gasteiger partial charge on any atom is -0.331 e. The van der Waals surface area contributed by atoms with Gasteiger partial charge in [-0.2, -0.15) is 0 Å². The van der Waals surface area contributed by atoms with Crippen LogP contribution in [-0.4, -0.2) is 9.55 Å². The highest BCUT2D eigenvalue weighted by atomic mass is 35.5. The second-order valence-corrected chi connectivity index (χ2v) is 5.37. The van der Waals surface area contributed by atoms with Crippen molar-refractivity contribution in [2.75, 3.05) is 0 Å². The van der Waals surface area contributed by atoms with Gasteiger partial charge in [0.05, 0.1) is 21.6 Å². The van der Waals surface area contributed by atoms with Gasteiger partial charge in [-0.3, -0.25) is 9.36 Å². The molecule has 3 rings (SSSR count). The van der Waals surface area contributed by atoms with E-state index in [4.69, 9.17) is 23.8 Å². The molecule has 0 aliphatic rings. The highest BCUT2D eigenvalue weighted by Crippen LogP contribution is 2.19. The number of benzene rings is 2. The summed E-state index contributed by atoms with van der Waals surface area (Å²) in [5.41, 5.74) is 2.17. The van der Waals surface area contributed by atoms with Crippen molar-refractivity contribution in [3.05, 3.63) is 68.2 Å². The van der Waals surface area contributed by atoms with E-state index in [1.165, 1.54) is 4.57 Å². The van der Waals surface area contributed by atoms with E-state index in [0.29, 0.717) is 20.9 Å². The van der Waals surface area contributed by atoms with Gasteiger partial charge in [0.25, 0.3) is 5.56 Å². The number of fused-ring (bicyclic) bond motifs is 1. The maximum Gasteiger partial charge on any atom is 0.266 e. The first-order valence-electron chi connectivity index (χ1n) is 6.08. The molecule has 20 heavy (non-hydrogen) atoms. The average molecular weight is 303 g/mol. The highest BCUT2D eigenvalue weighted by Gasteiger charge is 2.10. The van der Waals surface area contributed by atoms with Crippen molar-refractivity contribution in [2.45, 2.75) is 6.92 Å². The first kappa shape index (κ1) is 13.1. The molecule has 0 bridgehead atoms. The predicted molar refractivity (Wildman–Crippen MR) is 84.5 cm³/mol. The van der Waals surface area contributed by atoms with Crippen LogP contribution in [0.5, 0.6) is 0 Å². The molecule has 1 aromatic heterocycles. The summed E-state index contributed by atoms with van der Waals surface area (Å²) in [6.45, 7) is 1.94. The zero-order valence-electron chi connectivity index (χ0n) is 10.7. The van der Waals surface area contributed by atoms with Crippen molar-refractivity contribution in [3.8, 4) is 5.69 Å². The third-order valence-electron chi connectivity index (χ3n) is 3.15. The number of hydrogen-bond donors (Lipinski definition) is 1. The van der Waals surface area contributed by atoms with Gasteiger partial charge in [-0.25, -0.2) is 0 Å². The van der Waals surface area contributed by atoms with Crippen LogP contribution in [-0.2, 0) is 0 Å². The molecular formula is C15H11ClN2OS. The van der Waals surface area contributed by atoms with Gasteiger partial charge in [0.2, 0.25) is 0 Å². The van der Waals surface area contributed by atoms with Gasteiger partial charge in [-0.05, 0) is 43.4 Å². The lowest BCUT2D eigenvalue weighted by atomic mass is 10.1. The molecule has 0 unspecified atom stereocenters. The zero-order chi connectivity index (χ0) is 14.3. The number of rotatable bonds is 1. The number of aromatic amines is 1. The van der Waals surface area contributed by atoms with Crippen molar-refractivity contribution in [3.63, 3.8) is 0 Å². The summed E-state index contributed by atoms with van der Waals surface area (Å²) in [4.78, 5) is 15.7. The molecule has 3 aromatic rings. The van der Waals surface area contributed by atoms with Gasteiger partial charge in [0.1, 0.15) is 0 Å². The van der Waals surface area contributed by atoms with E-state index in [2.05, 4.69) is 4.98 Å². The van der Waals surface area contributed by atoms with Crippen molar-refractivity contribution in [2.24, 2.45) is 0 Å². The fourth-order valence-corrected chi connectivity index (χ4v) is 2.69. The van der Waals surface area contributed by atoms with E-state index >= 15 is 0 Å². The Morgan fingerprint density at radius 2 is 1.95 bits per heavy atom. The first-order chi connectivity index (χ1) is 9.58. The number of nitrogens with one attached hydrogen (secondary N) is 1. The molecule has 1 N–H and O–H groups in total. The summed E-state index contributed by atoms with van der Waals surface area (Å²) in [7, 11) is 0. The average Bonchev–Trinajstić information content (AvgIpc) is 2.42. The predicted octanol–water partition coefficient (Wildman–Crippen LogP) is 4.01. The van der Waals surface area contributed by atoms with E-state index < -0.39 is 0 Å². The Kier molecular flexibility index (Phi) is 3.20. The molecule has 0 spiro atoms. The summed E-state index contributed by atoms with van der Waals surface area (Å²) in [6, 6.07) is 12.8. The number of hydrogen-bond acceptors (Lipinski definition) is 2. The third-order valence-corrected chi connectivity index (χ3v) is 3.75. The number of halogens is 1. The third kappa shape index (κ3) is 2.07. The standard InChI is InChI=1S/C15H11ClN2OS/c1-9-6-7-12-10(8-9)14(19)18(15(20)17-12)13-5-3-2-4-11(13)16/h2-8H,1H3,(H,17,20). The van der Waals surface area contributed by atoms with E-state index in [9.17, 15) is 4.79 Å². The molecule has 1 heterocycles. The lowest BCUT2D eigenvalue weighted by molar-refractivity contribution is 0.940. The Bertz CT molecular complexity index is 927. The van der Waals surface area contributed by atoms with Crippen molar-refractivity contribution >= 4 is 34.7 Å². The molecular weight excluding hydrogens is 292 g/mol. The van der Waals surface area contributed by atoms with Crippen LogP contribution in [0.2, 0.25) is 5.02 Å². The van der Waals surface area contributed by atoms with Crippen LogP contribution in [0.15, 0.2) is 47.3 Å². The quantitative estimate of drug-likeness (QED) is 0.690. The zero-order valence-corrected chi connectivity index (χ0v) is 12.3. The Morgan fingerprint density at radius 1 is 1.20 bits per heavy atom. The second-order valence-electron chi connectivity index (χ2n) is 4.57. The maximum atomic E-state index is 12.7. The molecule has 5 heteroatoms. The van der Waals surface area contributed by atoms with Gasteiger partial charge in [-0.15, -0.1) is 0 Å². The molecule has 0 aliphatic heterocycles. The smallest absolute Gasteiger partial charge is 0.266 e. The molecule has 0 aliphatic carbocycles.